The third-order valence-corrected chi connectivity index (χ3v) is 4.45. The van der Waals surface area contributed by atoms with Crippen molar-refractivity contribution in [2.45, 2.75) is 45.8 Å². The maximum absolute atomic E-state index is 12.3. The molecule has 0 unspecified atom stereocenters. The molecule has 0 radical (unpaired) electrons. The van der Waals surface area contributed by atoms with Crippen molar-refractivity contribution >= 4 is 22.5 Å². The van der Waals surface area contributed by atoms with Crippen LogP contribution in [0.3, 0.4) is 0 Å². The van der Waals surface area contributed by atoms with Gasteiger partial charge in [-0.1, -0.05) is 0 Å². The summed E-state index contributed by atoms with van der Waals surface area (Å²) in [6.07, 6.45) is 4.40. The highest BCUT2D eigenvalue weighted by Gasteiger charge is 2.26. The van der Waals surface area contributed by atoms with Crippen LogP contribution in [0, 0.1) is 0 Å². The maximum Gasteiger partial charge on any atom is 0.323 e. The molecular formula is C18H26N4O2S. The number of likely N-dealkylation sites (N-methyl/N-ethyl adjacent to an activating group) is 1. The van der Waals surface area contributed by atoms with Crippen LogP contribution in [0.4, 0.5) is 9.93 Å². The average Bonchev–Trinajstić information content (AvgIpc) is 3.02. The second kappa shape index (κ2) is 8.40. The van der Waals surface area contributed by atoms with Crippen molar-refractivity contribution < 1.29 is 9.53 Å². The number of thiazole rings is 1. The fraction of sp³-hybridized carbons (Fsp3) is 0.500. The third-order valence-electron chi connectivity index (χ3n) is 3.70. The van der Waals surface area contributed by atoms with Gasteiger partial charge in [-0.05, 0) is 51.8 Å². The van der Waals surface area contributed by atoms with Crippen LogP contribution in [0.1, 0.15) is 39.0 Å². The number of amides is 2. The first-order valence-corrected chi connectivity index (χ1v) is 9.21. The molecule has 2 heterocycles. The zero-order valence-electron chi connectivity index (χ0n) is 15.4. The molecule has 0 aliphatic rings. The molecule has 0 saturated carbocycles. The molecule has 0 aliphatic carbocycles. The molecule has 0 aliphatic heterocycles. The summed E-state index contributed by atoms with van der Waals surface area (Å²) in [7, 11) is 1.77. The van der Waals surface area contributed by atoms with Crippen LogP contribution in [0.15, 0.2) is 29.9 Å². The largest absolute Gasteiger partial charge is 0.367 e. The molecule has 0 bridgehead atoms. The minimum Gasteiger partial charge on any atom is -0.367 e. The van der Waals surface area contributed by atoms with Gasteiger partial charge in [-0.3, -0.25) is 10.3 Å². The minimum absolute atomic E-state index is 0.106. The number of pyridine rings is 1. The summed E-state index contributed by atoms with van der Waals surface area (Å²) in [5.41, 5.74) is 1.49. The Bertz CT molecular complexity index is 685. The van der Waals surface area contributed by atoms with Gasteiger partial charge in [0.2, 0.25) is 0 Å². The molecule has 0 fully saturated rings. The lowest BCUT2D eigenvalue weighted by Crippen LogP contribution is -2.33. The Kier molecular flexibility index (Phi) is 6.50. The van der Waals surface area contributed by atoms with E-state index in [1.807, 2.05) is 45.2 Å². The topological polar surface area (TPSA) is 67.3 Å². The van der Waals surface area contributed by atoms with Gasteiger partial charge >= 0.3 is 6.03 Å². The van der Waals surface area contributed by atoms with E-state index in [1.165, 1.54) is 11.3 Å². The highest BCUT2D eigenvalue weighted by atomic mass is 32.1. The lowest BCUT2D eigenvalue weighted by atomic mass is 10.1. The molecular weight excluding hydrogens is 336 g/mol. The van der Waals surface area contributed by atoms with Crippen molar-refractivity contribution in [3.05, 3.63) is 41.2 Å². The van der Waals surface area contributed by atoms with E-state index in [0.29, 0.717) is 11.7 Å². The van der Waals surface area contributed by atoms with Crippen LogP contribution in [0.25, 0.3) is 0 Å². The van der Waals surface area contributed by atoms with Gasteiger partial charge in [-0.25, -0.2) is 9.78 Å². The quantitative estimate of drug-likeness (QED) is 0.811. The van der Waals surface area contributed by atoms with Gasteiger partial charge in [0.1, 0.15) is 5.60 Å². The number of ether oxygens (including phenoxy) is 1. The molecule has 7 heteroatoms. The van der Waals surface area contributed by atoms with Gasteiger partial charge in [-0.15, -0.1) is 11.3 Å². The number of anilines is 1. The Morgan fingerprint density at radius 3 is 2.68 bits per heavy atom. The highest BCUT2D eigenvalue weighted by molar-refractivity contribution is 7.13. The summed E-state index contributed by atoms with van der Waals surface area (Å²) in [6, 6.07) is 3.74. The van der Waals surface area contributed by atoms with Crippen LogP contribution in [0.2, 0.25) is 0 Å². The van der Waals surface area contributed by atoms with Gasteiger partial charge < -0.3 is 9.64 Å². The molecule has 6 nitrogen and oxygen atoms in total. The van der Waals surface area contributed by atoms with Crippen LogP contribution < -0.4 is 5.32 Å². The lowest BCUT2D eigenvalue weighted by Gasteiger charge is -2.25. The molecule has 0 spiro atoms. The molecule has 0 aromatic carbocycles. The summed E-state index contributed by atoms with van der Waals surface area (Å²) in [6.45, 7) is 8.57. The van der Waals surface area contributed by atoms with Crippen LogP contribution >= 0.6 is 11.3 Å². The fourth-order valence-electron chi connectivity index (χ4n) is 2.39. The summed E-state index contributed by atoms with van der Waals surface area (Å²) in [4.78, 5) is 22.5. The van der Waals surface area contributed by atoms with E-state index in [-0.39, 0.29) is 12.1 Å². The number of nitrogens with zero attached hydrogens (tertiary/aromatic N) is 3. The molecule has 2 aromatic heterocycles. The van der Waals surface area contributed by atoms with Crippen molar-refractivity contribution in [3.8, 4) is 0 Å². The second-order valence-electron chi connectivity index (χ2n) is 6.67. The number of carbonyl (C=O) groups is 1. The lowest BCUT2D eigenvalue weighted by molar-refractivity contribution is -0.0623. The molecule has 136 valence electrons. The van der Waals surface area contributed by atoms with Crippen molar-refractivity contribution in [2.24, 2.45) is 0 Å². The summed E-state index contributed by atoms with van der Waals surface area (Å²) in [5.74, 6) is 0. The first kappa shape index (κ1) is 19.3. The molecule has 0 atom stereocenters. The van der Waals surface area contributed by atoms with Crippen LogP contribution in [-0.4, -0.2) is 40.6 Å². The van der Waals surface area contributed by atoms with E-state index in [2.05, 4.69) is 15.3 Å². The number of rotatable bonds is 7. The average molecular weight is 362 g/mol. The Hall–Kier alpha value is -1.99. The standard InChI is InChI=1S/C18H26N4O2S/c1-13(2)24-18(3,4)15-12-25-16(20-15)21-17(23)22(5)11-8-14-6-9-19-10-7-14/h6-7,9-10,12-13H,8,11H2,1-5H3,(H,20,21,23). The van der Waals surface area contributed by atoms with Gasteiger partial charge in [-0.2, -0.15) is 0 Å². The van der Waals surface area contributed by atoms with Crippen molar-refractivity contribution in [3.63, 3.8) is 0 Å². The summed E-state index contributed by atoms with van der Waals surface area (Å²) < 4.78 is 5.89. The molecule has 2 rings (SSSR count). The van der Waals surface area contributed by atoms with E-state index in [4.69, 9.17) is 4.74 Å². The molecule has 0 saturated heterocycles. The zero-order valence-corrected chi connectivity index (χ0v) is 16.3. The number of carbonyl (C=O) groups excluding carboxylic acids is 1. The van der Waals surface area contributed by atoms with E-state index >= 15 is 0 Å². The molecule has 2 aromatic rings. The zero-order chi connectivity index (χ0) is 18.4. The first-order chi connectivity index (χ1) is 11.8. The van der Waals surface area contributed by atoms with Crippen molar-refractivity contribution in [2.75, 3.05) is 18.9 Å². The second-order valence-corrected chi connectivity index (χ2v) is 7.53. The fourth-order valence-corrected chi connectivity index (χ4v) is 3.25. The number of hydrogen-bond donors (Lipinski definition) is 1. The van der Waals surface area contributed by atoms with Crippen molar-refractivity contribution in [1.82, 2.24) is 14.9 Å². The van der Waals surface area contributed by atoms with Gasteiger partial charge in [0.15, 0.2) is 5.13 Å². The van der Waals surface area contributed by atoms with Gasteiger partial charge in [0.25, 0.3) is 0 Å². The molecule has 1 N–H and O–H groups in total. The number of urea groups is 1. The Balaban J connectivity index is 1.90. The number of hydrogen-bond acceptors (Lipinski definition) is 5. The summed E-state index contributed by atoms with van der Waals surface area (Å²) >= 11 is 1.41. The highest BCUT2D eigenvalue weighted by Crippen LogP contribution is 2.29. The Labute approximate surface area is 153 Å². The first-order valence-electron chi connectivity index (χ1n) is 8.33. The van der Waals surface area contributed by atoms with E-state index in [9.17, 15) is 4.79 Å². The predicted octanol–water partition coefficient (Wildman–Crippen LogP) is 3.90. The minimum atomic E-state index is -0.485. The maximum atomic E-state index is 12.3. The Morgan fingerprint density at radius 2 is 2.04 bits per heavy atom. The third kappa shape index (κ3) is 5.79. The molecule has 25 heavy (non-hydrogen) atoms. The number of nitrogens with one attached hydrogen (secondary N) is 1. The van der Waals surface area contributed by atoms with Gasteiger partial charge in [0.05, 0.1) is 11.8 Å². The summed E-state index contributed by atoms with van der Waals surface area (Å²) in [5, 5.41) is 5.36. The molecule has 2 amide bonds. The van der Waals surface area contributed by atoms with E-state index in [0.717, 1.165) is 17.7 Å². The van der Waals surface area contributed by atoms with Gasteiger partial charge in [0, 0.05) is 31.4 Å². The Morgan fingerprint density at radius 1 is 1.36 bits per heavy atom. The normalized spacial score (nSPS) is 11.6. The smallest absolute Gasteiger partial charge is 0.323 e. The van der Waals surface area contributed by atoms with Crippen LogP contribution in [-0.2, 0) is 16.8 Å². The SMILES string of the molecule is CC(C)OC(C)(C)c1csc(NC(=O)N(C)CCc2ccncc2)n1. The number of aromatic nitrogens is 2. The predicted molar refractivity (Wildman–Crippen MR) is 101 cm³/mol. The van der Waals surface area contributed by atoms with Crippen LogP contribution in [0.5, 0.6) is 0 Å². The monoisotopic (exact) mass is 362 g/mol. The van der Waals surface area contributed by atoms with E-state index < -0.39 is 5.60 Å². The van der Waals surface area contributed by atoms with E-state index in [1.54, 1.807) is 24.3 Å². The van der Waals surface area contributed by atoms with Crippen molar-refractivity contribution in [1.29, 1.82) is 0 Å².